The van der Waals surface area contributed by atoms with Crippen LogP contribution < -0.4 is 5.32 Å². The van der Waals surface area contributed by atoms with Crippen molar-refractivity contribution >= 4 is 35.8 Å². The van der Waals surface area contributed by atoms with Gasteiger partial charge in [-0.3, -0.25) is 4.99 Å². The van der Waals surface area contributed by atoms with Crippen molar-refractivity contribution in [1.29, 1.82) is 0 Å². The van der Waals surface area contributed by atoms with Crippen molar-refractivity contribution in [2.45, 2.75) is 32.2 Å². The van der Waals surface area contributed by atoms with Gasteiger partial charge in [0.1, 0.15) is 6.04 Å². The number of thiophene rings is 1. The molecule has 1 aliphatic carbocycles. The summed E-state index contributed by atoms with van der Waals surface area (Å²) < 4.78 is 0. The highest BCUT2D eigenvalue weighted by Crippen LogP contribution is 2.43. The molecule has 2 aliphatic rings. The molecule has 0 saturated heterocycles. The normalized spacial score (nSPS) is 18.9. The van der Waals surface area contributed by atoms with Crippen LogP contribution in [0.2, 0.25) is 0 Å². The van der Waals surface area contributed by atoms with E-state index in [0.717, 1.165) is 0 Å². The van der Waals surface area contributed by atoms with E-state index in [4.69, 9.17) is 4.99 Å². The second kappa shape index (κ2) is 5.23. The van der Waals surface area contributed by atoms with Gasteiger partial charge in [-0.25, -0.2) is 0 Å². The molecular weight excluding hydrogens is 288 g/mol. The Bertz CT molecular complexity index is 675. The first kappa shape index (κ1) is 13.7. The molecule has 1 unspecified atom stereocenters. The van der Waals surface area contributed by atoms with Gasteiger partial charge >= 0.3 is 0 Å². The van der Waals surface area contributed by atoms with E-state index < -0.39 is 0 Å². The summed E-state index contributed by atoms with van der Waals surface area (Å²) in [7, 11) is 0. The number of hydrogen-bond acceptors (Lipinski definition) is 3. The van der Waals surface area contributed by atoms with Gasteiger partial charge in [0.25, 0.3) is 0 Å². The zero-order valence-corrected chi connectivity index (χ0v) is 13.0. The predicted octanol–water partition coefficient (Wildman–Crippen LogP) is 4.51. The Morgan fingerprint density at radius 2 is 2.10 bits per heavy atom. The number of aliphatic imine (C=N–C) groups is 1. The zero-order chi connectivity index (χ0) is 12.8. The van der Waals surface area contributed by atoms with Crippen LogP contribution in [-0.2, 0) is 12.8 Å². The van der Waals surface area contributed by atoms with Gasteiger partial charge in [0.2, 0.25) is 0 Å². The van der Waals surface area contributed by atoms with Crippen molar-refractivity contribution in [1.82, 2.24) is 0 Å². The third-order valence-corrected chi connectivity index (χ3v) is 5.34. The predicted molar refractivity (Wildman–Crippen MR) is 88.7 cm³/mol. The van der Waals surface area contributed by atoms with E-state index in [0.29, 0.717) is 0 Å². The number of rotatable bonds is 1. The highest BCUT2D eigenvalue weighted by molar-refractivity contribution is 7.12. The number of anilines is 1. The van der Waals surface area contributed by atoms with Crippen LogP contribution >= 0.6 is 23.7 Å². The zero-order valence-electron chi connectivity index (χ0n) is 11.3. The summed E-state index contributed by atoms with van der Waals surface area (Å²) in [4.78, 5) is 7.77. The van der Waals surface area contributed by atoms with Crippen molar-refractivity contribution in [3.8, 4) is 0 Å². The van der Waals surface area contributed by atoms with Crippen molar-refractivity contribution < 1.29 is 0 Å². The number of nitrogens with one attached hydrogen (secondary N) is 1. The quantitative estimate of drug-likeness (QED) is 0.823. The standard InChI is InChI=1S/C16H16N2S.ClH/c1-10-15(12-6-4-8-14(12)19-10)16-11-5-2-3-7-13(11)17-9-18-16;/h2-3,5,7,9,16H,4,6,8H2,1H3,(H,17,18);1H. The molecule has 2 nitrogen and oxygen atoms in total. The maximum atomic E-state index is 4.72. The van der Waals surface area contributed by atoms with Crippen molar-refractivity contribution in [3.05, 3.63) is 50.7 Å². The Hall–Kier alpha value is -1.32. The summed E-state index contributed by atoms with van der Waals surface area (Å²) in [6.45, 7) is 2.25. The van der Waals surface area contributed by atoms with E-state index in [-0.39, 0.29) is 18.4 Å². The number of halogens is 1. The molecule has 0 saturated carbocycles. The third-order valence-electron chi connectivity index (χ3n) is 4.12. The fourth-order valence-electron chi connectivity index (χ4n) is 3.28. The van der Waals surface area contributed by atoms with E-state index in [1.165, 1.54) is 41.0 Å². The summed E-state index contributed by atoms with van der Waals surface area (Å²) in [6, 6.07) is 8.70. The lowest BCUT2D eigenvalue weighted by Crippen LogP contribution is -2.12. The smallest absolute Gasteiger partial charge is 0.105 e. The topological polar surface area (TPSA) is 24.4 Å². The van der Waals surface area contributed by atoms with Crippen LogP contribution in [0.25, 0.3) is 0 Å². The first-order valence-corrected chi connectivity index (χ1v) is 7.64. The molecule has 4 heteroatoms. The molecule has 104 valence electrons. The van der Waals surface area contributed by atoms with Crippen LogP contribution in [0.15, 0.2) is 29.3 Å². The van der Waals surface area contributed by atoms with E-state index in [1.807, 2.05) is 17.7 Å². The van der Waals surface area contributed by atoms with Gasteiger partial charge in [-0.05, 0) is 43.4 Å². The van der Waals surface area contributed by atoms with Gasteiger partial charge in [-0.1, -0.05) is 18.2 Å². The van der Waals surface area contributed by atoms with E-state index in [2.05, 4.69) is 36.5 Å². The maximum absolute atomic E-state index is 4.72. The molecule has 4 rings (SSSR count). The SMILES string of the molecule is Cc1sc2c(c1C1N=CNc3ccccc31)CCC2.Cl. The third kappa shape index (κ3) is 1.97. The lowest BCUT2D eigenvalue weighted by atomic mass is 9.93. The van der Waals surface area contributed by atoms with Crippen LogP contribution in [0.4, 0.5) is 5.69 Å². The van der Waals surface area contributed by atoms with Gasteiger partial charge in [0.05, 0.1) is 6.34 Å². The van der Waals surface area contributed by atoms with Gasteiger partial charge in [0.15, 0.2) is 0 Å². The van der Waals surface area contributed by atoms with Gasteiger partial charge in [-0.15, -0.1) is 23.7 Å². The Labute approximate surface area is 129 Å². The highest BCUT2D eigenvalue weighted by atomic mass is 35.5. The molecule has 0 fully saturated rings. The number of para-hydroxylation sites is 1. The molecule has 1 aromatic carbocycles. The second-order valence-corrected chi connectivity index (χ2v) is 6.55. The molecular formula is C16H17ClN2S. The van der Waals surface area contributed by atoms with Crippen LogP contribution in [0, 0.1) is 6.92 Å². The fourth-order valence-corrected chi connectivity index (χ4v) is 4.58. The lowest BCUT2D eigenvalue weighted by Gasteiger charge is -2.22. The van der Waals surface area contributed by atoms with Gasteiger partial charge < -0.3 is 5.32 Å². The number of benzene rings is 1. The minimum atomic E-state index is 0. The molecule has 0 amide bonds. The minimum absolute atomic E-state index is 0. The molecule has 1 atom stereocenters. The van der Waals surface area contributed by atoms with E-state index in [1.54, 1.807) is 10.4 Å². The summed E-state index contributed by atoms with van der Waals surface area (Å²) in [6.07, 6.45) is 5.66. The molecule has 2 heterocycles. The van der Waals surface area contributed by atoms with Crippen molar-refractivity contribution in [3.63, 3.8) is 0 Å². The minimum Gasteiger partial charge on any atom is -0.346 e. The maximum Gasteiger partial charge on any atom is 0.105 e. The summed E-state index contributed by atoms with van der Waals surface area (Å²) in [5.41, 5.74) is 5.56. The summed E-state index contributed by atoms with van der Waals surface area (Å²) in [5, 5.41) is 3.25. The highest BCUT2D eigenvalue weighted by Gasteiger charge is 2.28. The first-order chi connectivity index (χ1) is 9.34. The Kier molecular flexibility index (Phi) is 3.57. The Balaban J connectivity index is 0.00000121. The monoisotopic (exact) mass is 304 g/mol. The fraction of sp³-hybridized carbons (Fsp3) is 0.312. The number of aryl methyl sites for hydroxylation is 2. The van der Waals surface area contributed by atoms with Crippen LogP contribution in [0.5, 0.6) is 0 Å². The molecule has 1 aliphatic heterocycles. The number of hydrogen-bond donors (Lipinski definition) is 1. The molecule has 1 N–H and O–H groups in total. The first-order valence-electron chi connectivity index (χ1n) is 6.83. The summed E-state index contributed by atoms with van der Waals surface area (Å²) in [5.74, 6) is 0. The van der Waals surface area contributed by atoms with Gasteiger partial charge in [0, 0.05) is 21.0 Å². The average molecular weight is 305 g/mol. The Morgan fingerprint density at radius 1 is 1.25 bits per heavy atom. The molecule has 1 aromatic heterocycles. The molecule has 0 bridgehead atoms. The second-order valence-electron chi connectivity index (χ2n) is 5.24. The van der Waals surface area contributed by atoms with Crippen molar-refractivity contribution in [2.75, 3.05) is 5.32 Å². The number of fused-ring (bicyclic) bond motifs is 2. The molecule has 20 heavy (non-hydrogen) atoms. The molecule has 2 aromatic rings. The van der Waals surface area contributed by atoms with Crippen LogP contribution in [0.1, 0.15) is 38.9 Å². The average Bonchev–Trinajstić information content (AvgIpc) is 2.98. The summed E-state index contributed by atoms with van der Waals surface area (Å²) >= 11 is 1.98. The number of nitrogens with zero attached hydrogens (tertiary/aromatic N) is 1. The Morgan fingerprint density at radius 3 is 3.00 bits per heavy atom. The molecule has 0 radical (unpaired) electrons. The van der Waals surface area contributed by atoms with E-state index in [9.17, 15) is 0 Å². The molecule has 0 spiro atoms. The van der Waals surface area contributed by atoms with Crippen LogP contribution in [0.3, 0.4) is 0 Å². The van der Waals surface area contributed by atoms with E-state index >= 15 is 0 Å². The van der Waals surface area contributed by atoms with Crippen LogP contribution in [-0.4, -0.2) is 6.34 Å². The lowest BCUT2D eigenvalue weighted by molar-refractivity contribution is 0.838. The largest absolute Gasteiger partial charge is 0.346 e. The van der Waals surface area contributed by atoms with Gasteiger partial charge in [-0.2, -0.15) is 0 Å². The van der Waals surface area contributed by atoms with Crippen molar-refractivity contribution in [2.24, 2.45) is 4.99 Å².